The van der Waals surface area contributed by atoms with Gasteiger partial charge in [-0.25, -0.2) is 4.79 Å². The predicted molar refractivity (Wildman–Crippen MR) is 215 cm³/mol. The van der Waals surface area contributed by atoms with Gasteiger partial charge in [0.15, 0.2) is 12.1 Å². The Labute approximate surface area is 320 Å². The number of carbonyl (C=O) groups is 3. The van der Waals surface area contributed by atoms with E-state index >= 15 is 0 Å². The quantitative estimate of drug-likeness (QED) is 0.0291. The molecule has 0 fully saturated rings. The van der Waals surface area contributed by atoms with Crippen molar-refractivity contribution in [2.45, 2.75) is 199 Å². The molecule has 8 heteroatoms. The average molecular weight is 737 g/mol. The summed E-state index contributed by atoms with van der Waals surface area (Å²) in [6.45, 7) is 4.69. The molecular formula is C44H82NO7+. The Morgan fingerprint density at radius 2 is 1.00 bits per heavy atom. The van der Waals surface area contributed by atoms with E-state index in [9.17, 15) is 19.5 Å². The zero-order valence-electron chi connectivity index (χ0n) is 34.5. The number of allylic oxidation sites excluding steroid dienone is 4. The normalized spacial score (nSPS) is 13.2. The highest BCUT2D eigenvalue weighted by Crippen LogP contribution is 2.15. The van der Waals surface area contributed by atoms with Crippen LogP contribution in [0.3, 0.4) is 0 Å². The van der Waals surface area contributed by atoms with Crippen LogP contribution in [0.1, 0.15) is 187 Å². The SMILES string of the molecule is CCCCC/C=C/C=C/CCCCCCCCCCCCC(=O)OC(COCCC(C(=O)O)[N+](C)(C)C)COC(=O)CCCCCCCCCCC. The number of esters is 2. The zero-order chi connectivity index (χ0) is 38.5. The van der Waals surface area contributed by atoms with E-state index in [-0.39, 0.29) is 36.2 Å². The number of quaternary nitrogens is 1. The number of carboxylic acids is 1. The predicted octanol–water partition coefficient (Wildman–Crippen LogP) is 11.3. The van der Waals surface area contributed by atoms with Gasteiger partial charge in [0, 0.05) is 19.3 Å². The Bertz CT molecular complexity index is 911. The van der Waals surface area contributed by atoms with Crippen molar-refractivity contribution in [3.63, 3.8) is 0 Å². The molecule has 1 N–H and O–H groups in total. The molecule has 0 spiro atoms. The summed E-state index contributed by atoms with van der Waals surface area (Å²) in [5.74, 6) is -1.47. The van der Waals surface area contributed by atoms with Crippen molar-refractivity contribution < 1.29 is 38.2 Å². The van der Waals surface area contributed by atoms with Gasteiger partial charge in [-0.05, 0) is 38.5 Å². The minimum atomic E-state index is -0.875. The number of unbranched alkanes of at least 4 members (excludes halogenated alkanes) is 21. The van der Waals surface area contributed by atoms with Crippen molar-refractivity contribution in [3.8, 4) is 0 Å². The third-order valence-electron chi connectivity index (χ3n) is 9.63. The van der Waals surface area contributed by atoms with Crippen LogP contribution in [-0.4, -0.2) is 80.6 Å². The van der Waals surface area contributed by atoms with Crippen LogP contribution in [0.25, 0.3) is 0 Å². The van der Waals surface area contributed by atoms with Crippen molar-refractivity contribution in [3.05, 3.63) is 24.3 Å². The summed E-state index contributed by atoms with van der Waals surface area (Å²) in [4.78, 5) is 36.8. The second kappa shape index (κ2) is 35.8. The fourth-order valence-electron chi connectivity index (χ4n) is 6.26. The first-order valence-corrected chi connectivity index (χ1v) is 21.4. The number of aliphatic carboxylic acids is 1. The van der Waals surface area contributed by atoms with Crippen LogP contribution in [0.15, 0.2) is 24.3 Å². The third-order valence-corrected chi connectivity index (χ3v) is 9.63. The molecule has 0 saturated carbocycles. The minimum absolute atomic E-state index is 0.0487. The van der Waals surface area contributed by atoms with E-state index < -0.39 is 18.1 Å². The molecule has 0 amide bonds. The molecule has 0 heterocycles. The molecule has 0 aromatic carbocycles. The number of hydrogen-bond acceptors (Lipinski definition) is 6. The maximum absolute atomic E-state index is 12.7. The van der Waals surface area contributed by atoms with Gasteiger partial charge in [0.05, 0.1) is 34.4 Å². The minimum Gasteiger partial charge on any atom is -0.477 e. The molecule has 0 aliphatic carbocycles. The van der Waals surface area contributed by atoms with E-state index in [0.29, 0.717) is 19.3 Å². The number of carboxylic acid groups (broad SMARTS) is 1. The maximum atomic E-state index is 12.7. The Balaban J connectivity index is 4.28. The van der Waals surface area contributed by atoms with Crippen LogP contribution in [0.4, 0.5) is 0 Å². The highest BCUT2D eigenvalue weighted by atomic mass is 16.6. The van der Waals surface area contributed by atoms with E-state index in [1.54, 1.807) is 0 Å². The molecule has 0 bridgehead atoms. The van der Waals surface area contributed by atoms with Gasteiger partial charge in [-0.1, -0.05) is 154 Å². The lowest BCUT2D eigenvalue weighted by atomic mass is 10.1. The van der Waals surface area contributed by atoms with Gasteiger partial charge in [0.2, 0.25) is 0 Å². The van der Waals surface area contributed by atoms with Crippen molar-refractivity contribution >= 4 is 17.9 Å². The van der Waals surface area contributed by atoms with Crippen LogP contribution in [-0.2, 0) is 28.6 Å². The van der Waals surface area contributed by atoms with Gasteiger partial charge in [-0.2, -0.15) is 0 Å². The van der Waals surface area contributed by atoms with Gasteiger partial charge in [0.1, 0.15) is 6.61 Å². The number of likely N-dealkylation sites (N-methyl/N-ethyl adjacent to an activating group) is 1. The van der Waals surface area contributed by atoms with Crippen LogP contribution in [0.2, 0.25) is 0 Å². The zero-order valence-corrected chi connectivity index (χ0v) is 34.5. The van der Waals surface area contributed by atoms with E-state index in [0.717, 1.165) is 38.5 Å². The maximum Gasteiger partial charge on any atom is 0.362 e. The molecule has 0 radical (unpaired) electrons. The van der Waals surface area contributed by atoms with Gasteiger partial charge in [-0.15, -0.1) is 0 Å². The van der Waals surface area contributed by atoms with E-state index in [1.165, 1.54) is 116 Å². The second-order valence-electron chi connectivity index (χ2n) is 15.6. The average Bonchev–Trinajstić information content (AvgIpc) is 3.09. The topological polar surface area (TPSA) is 99.1 Å². The van der Waals surface area contributed by atoms with Gasteiger partial charge in [-0.3, -0.25) is 9.59 Å². The first-order valence-electron chi connectivity index (χ1n) is 21.4. The Morgan fingerprint density at radius 3 is 1.48 bits per heavy atom. The Hall–Kier alpha value is -2.19. The molecule has 0 aromatic rings. The summed E-state index contributed by atoms with van der Waals surface area (Å²) >= 11 is 0. The molecule has 0 aliphatic rings. The summed E-state index contributed by atoms with van der Waals surface area (Å²) in [6, 6.07) is -0.611. The molecule has 0 aliphatic heterocycles. The fourth-order valence-corrected chi connectivity index (χ4v) is 6.26. The summed E-state index contributed by atoms with van der Waals surface area (Å²) < 4.78 is 17.2. The standard InChI is InChI=1S/C44H81NO7/c1-6-8-10-12-14-16-17-18-19-20-21-22-23-24-25-27-29-31-33-35-43(47)52-40(38-50-37-36-41(44(48)49)45(3,4)5)39-51-42(46)34-32-30-28-26-15-13-11-9-7-2/h14,16-18,40-41H,6-13,15,19-39H2,1-5H3/p+1/b16-14+,18-17+. The molecule has 2 unspecified atom stereocenters. The molecule has 2 atom stereocenters. The molecule has 8 nitrogen and oxygen atoms in total. The molecule has 304 valence electrons. The first kappa shape index (κ1) is 49.8. The lowest BCUT2D eigenvalue weighted by Gasteiger charge is -2.31. The smallest absolute Gasteiger partial charge is 0.362 e. The van der Waals surface area contributed by atoms with Gasteiger partial charge in [0.25, 0.3) is 0 Å². The number of nitrogens with zero attached hydrogens (tertiary/aromatic N) is 1. The summed E-state index contributed by atoms with van der Waals surface area (Å²) in [6.07, 6.45) is 37.9. The first-order chi connectivity index (χ1) is 25.1. The molecular weight excluding hydrogens is 654 g/mol. The number of carbonyl (C=O) groups excluding carboxylic acids is 2. The van der Waals surface area contributed by atoms with Crippen LogP contribution in [0, 0.1) is 0 Å². The van der Waals surface area contributed by atoms with Crippen molar-refractivity contribution in [1.82, 2.24) is 0 Å². The Kier molecular flexibility index (Phi) is 34.3. The lowest BCUT2D eigenvalue weighted by molar-refractivity contribution is -0.887. The molecule has 52 heavy (non-hydrogen) atoms. The second-order valence-corrected chi connectivity index (χ2v) is 15.6. The summed E-state index contributed by atoms with van der Waals surface area (Å²) in [7, 11) is 5.52. The third kappa shape index (κ3) is 33.6. The molecule has 0 rings (SSSR count). The van der Waals surface area contributed by atoms with E-state index in [4.69, 9.17) is 14.2 Å². The van der Waals surface area contributed by atoms with Crippen molar-refractivity contribution in [2.75, 3.05) is 41.0 Å². The van der Waals surface area contributed by atoms with Crippen LogP contribution in [0.5, 0.6) is 0 Å². The largest absolute Gasteiger partial charge is 0.477 e. The number of hydrogen-bond donors (Lipinski definition) is 1. The van der Waals surface area contributed by atoms with Crippen molar-refractivity contribution in [1.29, 1.82) is 0 Å². The van der Waals surface area contributed by atoms with Crippen LogP contribution >= 0.6 is 0 Å². The van der Waals surface area contributed by atoms with E-state index in [1.807, 2.05) is 21.1 Å². The monoisotopic (exact) mass is 737 g/mol. The summed E-state index contributed by atoms with van der Waals surface area (Å²) in [5.41, 5.74) is 0. The molecule has 0 aromatic heterocycles. The van der Waals surface area contributed by atoms with E-state index in [2.05, 4.69) is 38.2 Å². The Morgan fingerprint density at radius 1 is 0.577 bits per heavy atom. The summed E-state index contributed by atoms with van der Waals surface area (Å²) in [5, 5.41) is 9.59. The van der Waals surface area contributed by atoms with Crippen molar-refractivity contribution in [2.24, 2.45) is 0 Å². The fraction of sp³-hybridized carbons (Fsp3) is 0.841. The van der Waals surface area contributed by atoms with Crippen LogP contribution < -0.4 is 0 Å². The van der Waals surface area contributed by atoms with Gasteiger partial charge < -0.3 is 23.8 Å². The highest BCUT2D eigenvalue weighted by Gasteiger charge is 2.31. The van der Waals surface area contributed by atoms with Gasteiger partial charge >= 0.3 is 17.9 Å². The lowest BCUT2D eigenvalue weighted by Crippen LogP contribution is -2.50. The molecule has 0 saturated heterocycles. The number of rotatable bonds is 38. The number of ether oxygens (including phenoxy) is 3. The highest BCUT2D eigenvalue weighted by molar-refractivity contribution is 5.72.